The van der Waals surface area contributed by atoms with E-state index in [9.17, 15) is 23.6 Å². The molecule has 0 aliphatic rings. The van der Waals surface area contributed by atoms with E-state index in [1.54, 1.807) is 26.0 Å². The van der Waals surface area contributed by atoms with Crippen LogP contribution in [0.15, 0.2) is 30.3 Å². The van der Waals surface area contributed by atoms with Crippen molar-refractivity contribution >= 4 is 23.7 Å². The van der Waals surface area contributed by atoms with Crippen LogP contribution in [0.2, 0.25) is 0 Å². The van der Waals surface area contributed by atoms with Crippen molar-refractivity contribution in [3.8, 4) is 0 Å². The molecule has 160 valence electrons. The summed E-state index contributed by atoms with van der Waals surface area (Å²) in [5, 5.41) is 7.29. The highest BCUT2D eigenvalue weighted by molar-refractivity contribution is 5.94. The van der Waals surface area contributed by atoms with Gasteiger partial charge in [-0.3, -0.25) is 14.4 Å². The number of rotatable bonds is 10. The van der Waals surface area contributed by atoms with Gasteiger partial charge in [0.1, 0.15) is 25.4 Å². The molecule has 0 aliphatic heterocycles. The number of carbonyl (C=O) groups excluding carboxylic acids is 4. The Hall–Kier alpha value is -2.97. The fourth-order valence-electron chi connectivity index (χ4n) is 2.33. The fourth-order valence-corrected chi connectivity index (χ4v) is 2.33. The van der Waals surface area contributed by atoms with E-state index in [1.165, 1.54) is 13.8 Å². The summed E-state index contributed by atoms with van der Waals surface area (Å²) in [4.78, 5) is 47.8. The number of alkyl carbamates (subject to hydrolysis) is 1. The van der Waals surface area contributed by atoms with Crippen LogP contribution >= 0.6 is 0 Å². The Bertz CT molecular complexity index is 711. The molecule has 1 rings (SSSR count). The number of ketones is 1. The molecule has 0 saturated heterocycles. The maximum atomic E-state index is 12.5. The maximum absolute atomic E-state index is 12.5. The van der Waals surface area contributed by atoms with Gasteiger partial charge in [0.15, 0.2) is 5.78 Å². The zero-order valence-corrected chi connectivity index (χ0v) is 17.0. The third kappa shape index (κ3) is 8.28. The van der Waals surface area contributed by atoms with E-state index in [4.69, 9.17) is 4.74 Å². The summed E-state index contributed by atoms with van der Waals surface area (Å²) in [7, 11) is 0. The smallest absolute Gasteiger partial charge is 0.408 e. The quantitative estimate of drug-likeness (QED) is 0.542. The molecule has 0 aliphatic carbocycles. The molecule has 1 aromatic rings. The Morgan fingerprint density at radius 3 is 2.03 bits per heavy atom. The van der Waals surface area contributed by atoms with Crippen LogP contribution < -0.4 is 16.0 Å². The van der Waals surface area contributed by atoms with Gasteiger partial charge in [0.25, 0.3) is 0 Å². The standard InChI is InChI=1S/C20H28FN3O5/c1-12(2)17(24-20(28)29-11-15-8-6-5-7-9-15)19(27)23-14(4)18(26)22-13(3)16(25)10-21/h5-9,12-14,17H,10-11H2,1-4H3,(H,22,26)(H,23,27)(H,24,28)/t13-,14-,17-/m0/s1. The summed E-state index contributed by atoms with van der Waals surface area (Å²) in [6, 6.07) is 6.15. The number of halogens is 1. The van der Waals surface area contributed by atoms with Crippen LogP contribution in [0.25, 0.3) is 0 Å². The van der Waals surface area contributed by atoms with E-state index >= 15 is 0 Å². The highest BCUT2D eigenvalue weighted by atomic mass is 19.1. The van der Waals surface area contributed by atoms with Crippen molar-refractivity contribution in [2.75, 3.05) is 6.67 Å². The lowest BCUT2D eigenvalue weighted by atomic mass is 10.0. The number of amides is 3. The van der Waals surface area contributed by atoms with Gasteiger partial charge in [-0.2, -0.15) is 0 Å². The summed E-state index contributed by atoms with van der Waals surface area (Å²) >= 11 is 0. The molecule has 0 spiro atoms. The largest absolute Gasteiger partial charge is 0.445 e. The van der Waals surface area contributed by atoms with Crippen LogP contribution in [0.3, 0.4) is 0 Å². The minimum absolute atomic E-state index is 0.0540. The Morgan fingerprint density at radius 2 is 1.48 bits per heavy atom. The number of benzene rings is 1. The van der Waals surface area contributed by atoms with Crippen LogP contribution in [0, 0.1) is 5.92 Å². The van der Waals surface area contributed by atoms with Gasteiger partial charge in [-0.1, -0.05) is 44.2 Å². The lowest BCUT2D eigenvalue weighted by Crippen LogP contribution is -2.55. The van der Waals surface area contributed by atoms with E-state index in [2.05, 4.69) is 16.0 Å². The first kappa shape index (κ1) is 24.1. The highest BCUT2D eigenvalue weighted by Crippen LogP contribution is 2.05. The molecule has 8 nitrogen and oxygen atoms in total. The minimum atomic E-state index is -1.19. The first-order chi connectivity index (χ1) is 13.6. The second-order valence-corrected chi connectivity index (χ2v) is 6.99. The average molecular weight is 409 g/mol. The van der Waals surface area contributed by atoms with Gasteiger partial charge in [-0.05, 0) is 25.3 Å². The molecular weight excluding hydrogens is 381 g/mol. The van der Waals surface area contributed by atoms with Gasteiger partial charge in [0.2, 0.25) is 11.8 Å². The minimum Gasteiger partial charge on any atom is -0.445 e. The number of hydrogen-bond acceptors (Lipinski definition) is 5. The monoisotopic (exact) mass is 409 g/mol. The lowest BCUT2D eigenvalue weighted by Gasteiger charge is -2.24. The molecule has 3 N–H and O–H groups in total. The van der Waals surface area contributed by atoms with Crippen molar-refractivity contribution in [2.45, 2.75) is 52.4 Å². The van der Waals surface area contributed by atoms with Crippen molar-refractivity contribution < 1.29 is 28.3 Å². The van der Waals surface area contributed by atoms with Gasteiger partial charge >= 0.3 is 6.09 Å². The van der Waals surface area contributed by atoms with Gasteiger partial charge in [-0.15, -0.1) is 0 Å². The summed E-state index contributed by atoms with van der Waals surface area (Å²) in [5.41, 5.74) is 0.801. The van der Waals surface area contributed by atoms with Crippen LogP contribution in [-0.2, 0) is 25.7 Å². The van der Waals surface area contributed by atoms with Gasteiger partial charge < -0.3 is 20.7 Å². The van der Waals surface area contributed by atoms with Crippen molar-refractivity contribution in [1.29, 1.82) is 0 Å². The third-order valence-corrected chi connectivity index (χ3v) is 4.16. The van der Waals surface area contributed by atoms with E-state index in [0.717, 1.165) is 5.56 Å². The van der Waals surface area contributed by atoms with Gasteiger partial charge in [0, 0.05) is 0 Å². The Balaban J connectivity index is 2.59. The van der Waals surface area contributed by atoms with E-state index in [1.807, 2.05) is 18.2 Å². The fraction of sp³-hybridized carbons (Fsp3) is 0.500. The summed E-state index contributed by atoms with van der Waals surface area (Å²) in [6.45, 7) is 5.11. The maximum Gasteiger partial charge on any atom is 0.408 e. The van der Waals surface area contributed by atoms with E-state index < -0.39 is 48.5 Å². The SMILES string of the molecule is CC(C)[C@H](NC(=O)OCc1ccccc1)C(=O)N[C@@H](C)C(=O)N[C@@H](C)C(=O)CF. The van der Waals surface area contributed by atoms with Crippen molar-refractivity contribution in [3.05, 3.63) is 35.9 Å². The summed E-state index contributed by atoms with van der Waals surface area (Å²) < 4.78 is 17.5. The molecule has 3 atom stereocenters. The molecule has 3 amide bonds. The molecule has 0 aromatic heterocycles. The number of alkyl halides is 1. The second kappa shape index (κ2) is 11.8. The van der Waals surface area contributed by atoms with Crippen molar-refractivity contribution in [1.82, 2.24) is 16.0 Å². The molecule has 29 heavy (non-hydrogen) atoms. The first-order valence-corrected chi connectivity index (χ1v) is 9.32. The molecule has 0 fully saturated rings. The number of hydrogen-bond donors (Lipinski definition) is 3. The predicted octanol–water partition coefficient (Wildman–Crippen LogP) is 1.49. The van der Waals surface area contributed by atoms with Gasteiger partial charge in [-0.25, -0.2) is 9.18 Å². The van der Waals surface area contributed by atoms with Crippen LogP contribution in [-0.4, -0.2) is 48.5 Å². The Morgan fingerprint density at radius 1 is 0.897 bits per heavy atom. The first-order valence-electron chi connectivity index (χ1n) is 9.32. The Kier molecular flexibility index (Phi) is 9.78. The molecule has 0 heterocycles. The molecule has 0 bridgehead atoms. The zero-order chi connectivity index (χ0) is 22.0. The third-order valence-electron chi connectivity index (χ3n) is 4.16. The van der Waals surface area contributed by atoms with E-state index in [-0.39, 0.29) is 12.5 Å². The number of nitrogens with one attached hydrogen (secondary N) is 3. The number of Topliss-reactive ketones (excluding diaryl/α,β-unsaturated/α-hetero) is 1. The molecule has 0 unspecified atom stereocenters. The normalized spacial score (nSPS) is 13.7. The van der Waals surface area contributed by atoms with Crippen molar-refractivity contribution in [2.24, 2.45) is 5.92 Å². The number of ether oxygens (including phenoxy) is 1. The van der Waals surface area contributed by atoms with Crippen molar-refractivity contribution in [3.63, 3.8) is 0 Å². The van der Waals surface area contributed by atoms with E-state index in [0.29, 0.717) is 0 Å². The van der Waals surface area contributed by atoms with Crippen LogP contribution in [0.1, 0.15) is 33.3 Å². The van der Waals surface area contributed by atoms with Gasteiger partial charge in [0.05, 0.1) is 6.04 Å². The van der Waals surface area contributed by atoms with Crippen LogP contribution in [0.4, 0.5) is 9.18 Å². The highest BCUT2D eigenvalue weighted by Gasteiger charge is 2.28. The molecule has 0 saturated carbocycles. The topological polar surface area (TPSA) is 114 Å². The molecule has 9 heteroatoms. The van der Waals surface area contributed by atoms with Crippen LogP contribution in [0.5, 0.6) is 0 Å². The average Bonchev–Trinajstić information content (AvgIpc) is 2.69. The summed E-state index contributed by atoms with van der Waals surface area (Å²) in [5.74, 6) is -2.26. The molecule has 1 aromatic carbocycles. The second-order valence-electron chi connectivity index (χ2n) is 6.99. The molecule has 0 radical (unpaired) electrons. The predicted molar refractivity (Wildman–Crippen MR) is 105 cm³/mol. The lowest BCUT2D eigenvalue weighted by molar-refractivity contribution is -0.132. The summed E-state index contributed by atoms with van der Waals surface area (Å²) in [6.07, 6.45) is -0.762. The molecular formula is C20H28FN3O5. The number of carbonyl (C=O) groups is 4. The Labute approximate surface area is 169 Å². The zero-order valence-electron chi connectivity index (χ0n) is 17.0.